The number of anilines is 1. The van der Waals surface area contributed by atoms with Crippen LogP contribution in [-0.2, 0) is 14.2 Å². The van der Waals surface area contributed by atoms with E-state index in [1.807, 2.05) is 0 Å². The minimum absolute atomic E-state index is 0.299. The van der Waals surface area contributed by atoms with Gasteiger partial charge in [-0.2, -0.15) is 0 Å². The first-order valence-electron chi connectivity index (χ1n) is 7.60. The van der Waals surface area contributed by atoms with Gasteiger partial charge in [0.15, 0.2) is 17.7 Å². The Hall–Kier alpha value is -1.81. The summed E-state index contributed by atoms with van der Waals surface area (Å²) in [5.41, 5.74) is 6.85. The van der Waals surface area contributed by atoms with Crippen molar-refractivity contribution >= 4 is 17.0 Å². The number of rotatable bonds is 5. The lowest BCUT2D eigenvalue weighted by molar-refractivity contribution is -0.0711. The lowest BCUT2D eigenvalue weighted by Gasteiger charge is -2.19. The van der Waals surface area contributed by atoms with E-state index in [0.29, 0.717) is 29.7 Å². The zero-order valence-corrected chi connectivity index (χ0v) is 12.7. The second-order valence-electron chi connectivity index (χ2n) is 5.87. The van der Waals surface area contributed by atoms with Crippen molar-refractivity contribution in [2.24, 2.45) is 0 Å². The fourth-order valence-corrected chi connectivity index (χ4v) is 2.86. The van der Waals surface area contributed by atoms with E-state index in [2.05, 4.69) is 15.0 Å². The van der Waals surface area contributed by atoms with Crippen LogP contribution >= 0.6 is 0 Å². The molecule has 0 radical (unpaired) electrons. The fourth-order valence-electron chi connectivity index (χ4n) is 2.86. The van der Waals surface area contributed by atoms with Gasteiger partial charge in [-0.15, -0.1) is 0 Å². The van der Waals surface area contributed by atoms with E-state index < -0.39 is 24.5 Å². The minimum atomic E-state index is -0.791. The number of ether oxygens (including phenoxy) is 3. The number of methoxy groups -OCH3 is 1. The van der Waals surface area contributed by atoms with Crippen LogP contribution in [0.25, 0.3) is 11.2 Å². The number of nitrogens with two attached hydrogens (primary N) is 1. The molecule has 3 heterocycles. The number of fused-ring (bicyclic) bond motifs is 1. The molecule has 1 aliphatic carbocycles. The van der Waals surface area contributed by atoms with E-state index >= 15 is 0 Å². The van der Waals surface area contributed by atoms with Gasteiger partial charge >= 0.3 is 0 Å². The molecule has 0 spiro atoms. The summed E-state index contributed by atoms with van der Waals surface area (Å²) in [6, 6.07) is 0. The van der Waals surface area contributed by atoms with Crippen molar-refractivity contribution in [2.45, 2.75) is 43.5 Å². The predicted molar refractivity (Wildman–Crippen MR) is 79.4 cm³/mol. The molecule has 9 nitrogen and oxygen atoms in total. The number of aliphatic hydroxyl groups is 1. The highest BCUT2D eigenvalue weighted by molar-refractivity contribution is 5.81. The zero-order chi connectivity index (χ0) is 16.0. The Morgan fingerprint density at radius 3 is 2.96 bits per heavy atom. The van der Waals surface area contributed by atoms with Gasteiger partial charge in [-0.25, -0.2) is 15.0 Å². The Morgan fingerprint density at radius 1 is 1.39 bits per heavy atom. The molecule has 2 aromatic rings. The third-order valence-corrected chi connectivity index (χ3v) is 4.27. The molecule has 0 unspecified atom stereocenters. The number of nitrogens with zero attached hydrogens (tertiary/aromatic N) is 4. The normalized spacial score (nSPS) is 31.0. The second kappa shape index (κ2) is 5.68. The van der Waals surface area contributed by atoms with Gasteiger partial charge < -0.3 is 25.1 Å². The average molecular weight is 321 g/mol. The van der Waals surface area contributed by atoms with Gasteiger partial charge in [0.05, 0.1) is 19.0 Å². The SMILES string of the molecule is CO[C@@H]1[C@H](O)[C@@H](COC2CC2)O[C@H]1n1cnc2c(N)ncnc21. The molecule has 2 aromatic heterocycles. The third kappa shape index (κ3) is 2.55. The molecule has 124 valence electrons. The summed E-state index contributed by atoms with van der Waals surface area (Å²) in [5.74, 6) is 0.301. The van der Waals surface area contributed by atoms with Crippen LogP contribution in [0.15, 0.2) is 12.7 Å². The van der Waals surface area contributed by atoms with E-state index in [0.717, 1.165) is 12.8 Å². The van der Waals surface area contributed by atoms with E-state index in [-0.39, 0.29) is 0 Å². The van der Waals surface area contributed by atoms with Gasteiger partial charge in [0.2, 0.25) is 0 Å². The first kappa shape index (κ1) is 14.8. The summed E-state index contributed by atoms with van der Waals surface area (Å²) in [7, 11) is 1.54. The summed E-state index contributed by atoms with van der Waals surface area (Å²) < 4.78 is 18.8. The largest absolute Gasteiger partial charge is 0.387 e. The molecule has 23 heavy (non-hydrogen) atoms. The summed E-state index contributed by atoms with van der Waals surface area (Å²) >= 11 is 0. The maximum absolute atomic E-state index is 10.5. The van der Waals surface area contributed by atoms with E-state index in [1.165, 1.54) is 13.4 Å². The van der Waals surface area contributed by atoms with E-state index in [4.69, 9.17) is 19.9 Å². The first-order chi connectivity index (χ1) is 11.2. The molecule has 0 amide bonds. The van der Waals surface area contributed by atoms with Gasteiger partial charge in [0.25, 0.3) is 0 Å². The lowest BCUT2D eigenvalue weighted by atomic mass is 10.1. The van der Waals surface area contributed by atoms with Crippen LogP contribution in [0.5, 0.6) is 0 Å². The van der Waals surface area contributed by atoms with Crippen molar-refractivity contribution < 1.29 is 19.3 Å². The lowest BCUT2D eigenvalue weighted by Crippen LogP contribution is -2.35. The molecule has 9 heteroatoms. The van der Waals surface area contributed by atoms with Crippen LogP contribution in [0, 0.1) is 0 Å². The van der Waals surface area contributed by atoms with Crippen molar-refractivity contribution in [1.29, 1.82) is 0 Å². The molecule has 3 N–H and O–H groups in total. The van der Waals surface area contributed by atoms with Crippen molar-refractivity contribution in [2.75, 3.05) is 19.5 Å². The fraction of sp³-hybridized carbons (Fsp3) is 0.643. The highest BCUT2D eigenvalue weighted by atomic mass is 16.6. The molecular formula is C14H19N5O4. The van der Waals surface area contributed by atoms with E-state index in [9.17, 15) is 5.11 Å². The van der Waals surface area contributed by atoms with E-state index in [1.54, 1.807) is 10.9 Å². The highest BCUT2D eigenvalue weighted by Crippen LogP contribution is 2.34. The number of nitrogen functional groups attached to an aromatic ring is 1. The number of hydrogen-bond acceptors (Lipinski definition) is 8. The van der Waals surface area contributed by atoms with Gasteiger partial charge in [0, 0.05) is 7.11 Å². The quantitative estimate of drug-likeness (QED) is 0.781. The Morgan fingerprint density at radius 2 is 2.22 bits per heavy atom. The standard InChI is InChI=1S/C14H19N5O4/c1-21-11-10(20)8(4-22-7-2-3-7)23-14(11)19-6-18-9-12(15)16-5-17-13(9)19/h5-8,10-11,14,20H,2-4H2,1H3,(H2,15,16,17)/t8-,10-,11-,14-/m1/s1. The van der Waals surface area contributed by atoms with Crippen LogP contribution in [0.4, 0.5) is 5.82 Å². The average Bonchev–Trinajstić information content (AvgIpc) is 3.19. The summed E-state index contributed by atoms with van der Waals surface area (Å²) in [6.07, 6.45) is 3.04. The van der Waals surface area contributed by atoms with Crippen LogP contribution in [0.3, 0.4) is 0 Å². The molecule has 4 rings (SSSR count). The Kier molecular flexibility index (Phi) is 3.64. The van der Waals surface area contributed by atoms with Crippen molar-refractivity contribution in [3.05, 3.63) is 12.7 Å². The maximum atomic E-state index is 10.5. The number of aliphatic hydroxyl groups excluding tert-OH is 1. The molecule has 4 atom stereocenters. The molecule has 0 bridgehead atoms. The first-order valence-corrected chi connectivity index (χ1v) is 7.60. The van der Waals surface area contributed by atoms with Gasteiger partial charge in [-0.3, -0.25) is 4.57 Å². The van der Waals surface area contributed by atoms with Gasteiger partial charge in [0.1, 0.15) is 30.2 Å². The smallest absolute Gasteiger partial charge is 0.167 e. The van der Waals surface area contributed by atoms with Crippen LogP contribution < -0.4 is 5.73 Å². The summed E-state index contributed by atoms with van der Waals surface area (Å²) in [6.45, 7) is 0.339. The molecule has 1 saturated carbocycles. The number of imidazole rings is 1. The van der Waals surface area contributed by atoms with Crippen molar-refractivity contribution in [3.8, 4) is 0 Å². The molecule has 2 fully saturated rings. The maximum Gasteiger partial charge on any atom is 0.167 e. The topological polar surface area (TPSA) is 118 Å². The summed E-state index contributed by atoms with van der Waals surface area (Å²) in [4.78, 5) is 12.4. The molecule has 1 aliphatic heterocycles. The molecular weight excluding hydrogens is 302 g/mol. The Bertz CT molecular complexity index is 704. The Balaban J connectivity index is 1.61. The minimum Gasteiger partial charge on any atom is -0.387 e. The second-order valence-corrected chi connectivity index (χ2v) is 5.87. The third-order valence-electron chi connectivity index (χ3n) is 4.27. The van der Waals surface area contributed by atoms with Crippen LogP contribution in [0.2, 0.25) is 0 Å². The number of hydrogen-bond donors (Lipinski definition) is 2. The zero-order valence-electron chi connectivity index (χ0n) is 12.7. The molecule has 2 aliphatic rings. The Labute approximate surface area is 132 Å². The van der Waals surface area contributed by atoms with Gasteiger partial charge in [-0.05, 0) is 12.8 Å². The van der Waals surface area contributed by atoms with Crippen LogP contribution in [0.1, 0.15) is 19.1 Å². The highest BCUT2D eigenvalue weighted by Gasteiger charge is 2.46. The number of aromatic nitrogens is 4. The van der Waals surface area contributed by atoms with Gasteiger partial charge in [-0.1, -0.05) is 0 Å². The predicted octanol–water partition coefficient (Wildman–Crippen LogP) is -0.139. The molecule has 0 aromatic carbocycles. The molecule has 1 saturated heterocycles. The monoisotopic (exact) mass is 321 g/mol. The van der Waals surface area contributed by atoms with Crippen LogP contribution in [-0.4, -0.2) is 62.8 Å². The van der Waals surface area contributed by atoms with Crippen molar-refractivity contribution in [3.63, 3.8) is 0 Å². The summed E-state index contributed by atoms with van der Waals surface area (Å²) in [5, 5.41) is 10.5. The van der Waals surface area contributed by atoms with Crippen molar-refractivity contribution in [1.82, 2.24) is 19.5 Å².